The molecule has 0 aliphatic rings. The van der Waals surface area contributed by atoms with Gasteiger partial charge in [-0.05, 0) is 51.4 Å². The fourth-order valence-electron chi connectivity index (χ4n) is 8.92. The molecular weight excluding hydrogens is 888 g/mol. The largest absolute Gasteiger partial charge is 0.472 e. The third-order valence-electron chi connectivity index (χ3n) is 13.6. The maximum atomic E-state index is 13.0. The highest BCUT2D eigenvalue weighted by Crippen LogP contribution is 2.43. The van der Waals surface area contributed by atoms with Crippen molar-refractivity contribution in [2.75, 3.05) is 40.9 Å². The van der Waals surface area contributed by atoms with Crippen molar-refractivity contribution >= 4 is 13.7 Å². The smallest absolute Gasteiger partial charge is 0.391 e. The average Bonchev–Trinajstić information content (AvgIpc) is 3.32. The number of quaternary nitrogens is 1. The summed E-state index contributed by atoms with van der Waals surface area (Å²) in [6.45, 7) is 4.80. The molecule has 3 N–H and O–H groups in total. The van der Waals surface area contributed by atoms with Crippen LogP contribution in [0.5, 0.6) is 0 Å². The van der Waals surface area contributed by atoms with Gasteiger partial charge < -0.3 is 19.8 Å². The number of aliphatic hydroxyl groups excluding tert-OH is 1. The lowest BCUT2D eigenvalue weighted by molar-refractivity contribution is -0.870. The van der Waals surface area contributed by atoms with E-state index in [-0.39, 0.29) is 19.1 Å². The van der Waals surface area contributed by atoms with Crippen LogP contribution in [0, 0.1) is 0 Å². The van der Waals surface area contributed by atoms with E-state index in [4.69, 9.17) is 9.05 Å². The van der Waals surface area contributed by atoms with Crippen molar-refractivity contribution < 1.29 is 32.9 Å². The Kier molecular flexibility index (Phi) is 51.2. The Morgan fingerprint density at radius 1 is 0.500 bits per heavy atom. The maximum Gasteiger partial charge on any atom is 0.472 e. The number of rotatable bonds is 55. The Hall–Kier alpha value is -1.54. The molecule has 0 aromatic rings. The normalized spacial score (nSPS) is 14.2. The molecule has 0 bridgehead atoms. The molecule has 8 nitrogen and oxygen atoms in total. The predicted octanol–water partition coefficient (Wildman–Crippen LogP) is 18.3. The van der Waals surface area contributed by atoms with Crippen LogP contribution in [0.3, 0.4) is 0 Å². The zero-order chi connectivity index (χ0) is 51.3. The molecule has 0 aromatic carbocycles. The van der Waals surface area contributed by atoms with Gasteiger partial charge >= 0.3 is 7.82 Å². The van der Waals surface area contributed by atoms with Crippen LogP contribution in [-0.4, -0.2) is 73.4 Å². The molecule has 412 valence electrons. The van der Waals surface area contributed by atoms with E-state index in [1.54, 1.807) is 0 Å². The third kappa shape index (κ3) is 54.2. The molecule has 0 saturated heterocycles. The van der Waals surface area contributed by atoms with Crippen LogP contribution >= 0.6 is 7.82 Å². The topological polar surface area (TPSA) is 105 Å². The molecule has 0 radical (unpaired) electrons. The maximum absolute atomic E-state index is 13.0. The molecule has 0 aliphatic carbocycles. The summed E-state index contributed by atoms with van der Waals surface area (Å²) in [7, 11) is 1.63. The molecule has 70 heavy (non-hydrogen) atoms. The zero-order valence-electron chi connectivity index (χ0n) is 47.0. The van der Waals surface area contributed by atoms with Gasteiger partial charge in [-0.15, -0.1) is 0 Å². The molecular formula is C61H118N2O6P+. The monoisotopic (exact) mass is 1010 g/mol. The van der Waals surface area contributed by atoms with Gasteiger partial charge in [-0.25, -0.2) is 4.57 Å². The van der Waals surface area contributed by atoms with Crippen molar-refractivity contribution in [1.82, 2.24) is 5.32 Å². The van der Waals surface area contributed by atoms with Gasteiger partial charge in [0.05, 0.1) is 39.9 Å². The van der Waals surface area contributed by atoms with Gasteiger partial charge in [0.1, 0.15) is 13.2 Å². The number of nitrogens with one attached hydrogen (secondary N) is 1. The van der Waals surface area contributed by atoms with Crippen molar-refractivity contribution in [2.45, 2.75) is 296 Å². The molecule has 1 amide bonds. The highest BCUT2D eigenvalue weighted by Gasteiger charge is 2.28. The number of unbranched alkanes of at least 4 members (excludes halogenated alkanes) is 34. The summed E-state index contributed by atoms with van der Waals surface area (Å²) in [6.07, 6.45) is 69.0. The van der Waals surface area contributed by atoms with Crippen molar-refractivity contribution in [1.29, 1.82) is 0 Å². The van der Waals surface area contributed by atoms with Gasteiger partial charge in [-0.2, -0.15) is 0 Å². The van der Waals surface area contributed by atoms with Gasteiger partial charge in [-0.1, -0.05) is 274 Å². The molecule has 0 aromatic heterocycles. The van der Waals surface area contributed by atoms with Crippen molar-refractivity contribution in [2.24, 2.45) is 0 Å². The fraction of sp³-hybridized carbons (Fsp3) is 0.852. The lowest BCUT2D eigenvalue weighted by Crippen LogP contribution is -2.46. The van der Waals surface area contributed by atoms with Crippen LogP contribution in [0.2, 0.25) is 0 Å². The molecule has 0 heterocycles. The van der Waals surface area contributed by atoms with Crippen LogP contribution in [0.4, 0.5) is 0 Å². The molecule has 0 rings (SSSR count). The number of allylic oxidation sites excluding steroid dienone is 8. The summed E-state index contributed by atoms with van der Waals surface area (Å²) >= 11 is 0. The number of phosphoric acid groups is 1. The molecule has 0 saturated carbocycles. The van der Waals surface area contributed by atoms with E-state index in [1.165, 1.54) is 193 Å². The highest BCUT2D eigenvalue weighted by molar-refractivity contribution is 7.47. The van der Waals surface area contributed by atoms with E-state index in [2.05, 4.69) is 67.8 Å². The second-order valence-electron chi connectivity index (χ2n) is 21.7. The van der Waals surface area contributed by atoms with Crippen LogP contribution in [0.1, 0.15) is 284 Å². The summed E-state index contributed by atoms with van der Waals surface area (Å²) < 4.78 is 23.7. The first-order valence-corrected chi connectivity index (χ1v) is 31.5. The Morgan fingerprint density at radius 3 is 1.26 bits per heavy atom. The van der Waals surface area contributed by atoms with Gasteiger partial charge in [-0.3, -0.25) is 13.8 Å². The van der Waals surface area contributed by atoms with E-state index >= 15 is 0 Å². The number of nitrogens with zero attached hydrogens (tertiary/aromatic N) is 1. The van der Waals surface area contributed by atoms with Crippen molar-refractivity contribution in [3.05, 3.63) is 48.6 Å². The summed E-state index contributed by atoms with van der Waals surface area (Å²) in [5, 5.41) is 14.0. The Balaban J connectivity index is 3.93. The third-order valence-corrected chi connectivity index (χ3v) is 14.6. The first kappa shape index (κ1) is 68.5. The first-order chi connectivity index (χ1) is 34.0. The summed E-state index contributed by atoms with van der Waals surface area (Å²) in [5.41, 5.74) is 0. The van der Waals surface area contributed by atoms with E-state index in [9.17, 15) is 19.4 Å². The second-order valence-corrected chi connectivity index (χ2v) is 23.2. The number of amides is 1. The number of hydrogen-bond donors (Lipinski definition) is 3. The molecule has 3 atom stereocenters. The Labute approximate surface area is 435 Å². The Morgan fingerprint density at radius 2 is 0.857 bits per heavy atom. The predicted molar refractivity (Wildman–Crippen MR) is 304 cm³/mol. The van der Waals surface area contributed by atoms with E-state index in [0.29, 0.717) is 23.9 Å². The lowest BCUT2D eigenvalue weighted by Gasteiger charge is -2.26. The Bertz CT molecular complexity index is 1280. The van der Waals surface area contributed by atoms with E-state index in [0.717, 1.165) is 64.2 Å². The van der Waals surface area contributed by atoms with Gasteiger partial charge in [0.2, 0.25) is 5.91 Å². The van der Waals surface area contributed by atoms with Crippen LogP contribution in [-0.2, 0) is 18.4 Å². The van der Waals surface area contributed by atoms with E-state index < -0.39 is 20.0 Å². The molecule has 9 heteroatoms. The molecule has 3 unspecified atom stereocenters. The fourth-order valence-corrected chi connectivity index (χ4v) is 9.66. The SMILES string of the molecule is CC/C=C\C/C=C\C/C=C\C/C=C\CCCCCCCCCCCCCCCCCCCCCCCCC(=O)NC(COP(=O)(O)OCC[N+](C)(C)C)C(O)CCCCCCCCCCCCCCC. The quantitative estimate of drug-likeness (QED) is 0.0243. The van der Waals surface area contributed by atoms with Gasteiger partial charge in [0.15, 0.2) is 0 Å². The van der Waals surface area contributed by atoms with Crippen molar-refractivity contribution in [3.8, 4) is 0 Å². The number of likely N-dealkylation sites (N-methyl/N-ethyl adjacent to an activating group) is 1. The van der Waals surface area contributed by atoms with Crippen LogP contribution in [0.25, 0.3) is 0 Å². The lowest BCUT2D eigenvalue weighted by atomic mass is 10.0. The van der Waals surface area contributed by atoms with Crippen LogP contribution in [0.15, 0.2) is 48.6 Å². The molecule has 0 fully saturated rings. The standard InChI is InChI=1S/C61H117N2O6P/c1-6-8-10-12-14-16-18-20-21-22-23-24-25-26-27-28-29-30-31-32-33-34-35-36-37-38-39-40-41-43-45-47-49-51-53-55-61(65)62-59(58-69-70(66,67)68-57-56-63(3,4)5)60(64)54-52-50-48-46-44-42-19-17-15-13-11-9-7-2/h8,10,14,16,20-21,23-24,59-60,64H,6-7,9,11-13,15,17-19,22,25-58H2,1-5H3,(H-,62,65,66,67)/p+1/b10-8-,16-14-,21-20-,24-23-. The summed E-state index contributed by atoms with van der Waals surface area (Å²) in [4.78, 5) is 23.3. The summed E-state index contributed by atoms with van der Waals surface area (Å²) in [5.74, 6) is -0.141. The van der Waals surface area contributed by atoms with Crippen molar-refractivity contribution in [3.63, 3.8) is 0 Å². The molecule has 0 spiro atoms. The minimum Gasteiger partial charge on any atom is -0.391 e. The van der Waals surface area contributed by atoms with Gasteiger partial charge in [0, 0.05) is 6.42 Å². The number of aliphatic hydroxyl groups is 1. The number of hydrogen-bond acceptors (Lipinski definition) is 5. The number of carbonyl (C=O) groups excluding carboxylic acids is 1. The number of phosphoric ester groups is 1. The van der Waals surface area contributed by atoms with Gasteiger partial charge in [0.25, 0.3) is 0 Å². The second kappa shape index (κ2) is 52.3. The zero-order valence-corrected chi connectivity index (χ0v) is 47.9. The first-order valence-electron chi connectivity index (χ1n) is 30.0. The summed E-state index contributed by atoms with van der Waals surface area (Å²) in [6, 6.07) is -0.758. The number of carbonyl (C=O) groups is 1. The minimum absolute atomic E-state index is 0.0761. The molecule has 0 aliphatic heterocycles. The van der Waals surface area contributed by atoms with E-state index in [1.807, 2.05) is 21.1 Å². The minimum atomic E-state index is -4.32. The highest BCUT2D eigenvalue weighted by atomic mass is 31.2. The van der Waals surface area contributed by atoms with Crippen LogP contribution < -0.4 is 5.32 Å². The average molecular weight is 1010 g/mol.